The normalized spacial score (nSPS) is 11.5. The lowest BCUT2D eigenvalue weighted by molar-refractivity contribution is -0.121. The number of rotatable bonds is 5. The molecular weight excluding hydrogens is 399 g/mol. The van der Waals surface area contributed by atoms with E-state index in [4.69, 9.17) is 0 Å². The topological polar surface area (TPSA) is 65.5 Å². The lowest BCUT2D eigenvalue weighted by Gasteiger charge is -2.20. The number of amides is 1. The molecule has 3 N–H and O–H groups in total. The first-order valence-electron chi connectivity index (χ1n) is 6.76. The fraction of sp³-hybridized carbons (Fsp3) is 0.571. The Bertz CT molecular complexity index is 440. The number of carbonyl (C=O) groups is 1. The van der Waals surface area contributed by atoms with Crippen LogP contribution in [-0.2, 0) is 11.3 Å². The van der Waals surface area contributed by atoms with E-state index in [-0.39, 0.29) is 42.0 Å². The molecule has 1 aromatic heterocycles. The number of guanidine groups is 1. The second-order valence-electron chi connectivity index (χ2n) is 5.43. The van der Waals surface area contributed by atoms with E-state index in [2.05, 4.69) is 27.0 Å². The second kappa shape index (κ2) is 9.99. The second-order valence-corrected chi connectivity index (χ2v) is 6.46. The van der Waals surface area contributed by atoms with E-state index < -0.39 is 0 Å². The number of hydrogen-bond donors (Lipinski definition) is 3. The van der Waals surface area contributed by atoms with Crippen LogP contribution in [0.25, 0.3) is 0 Å². The van der Waals surface area contributed by atoms with Gasteiger partial charge in [-0.2, -0.15) is 0 Å². The molecule has 0 radical (unpaired) electrons. The van der Waals surface area contributed by atoms with E-state index in [1.165, 1.54) is 4.88 Å². The minimum absolute atomic E-state index is 0. The number of halogens is 1. The summed E-state index contributed by atoms with van der Waals surface area (Å²) in [6.45, 7) is 9.45. The maximum Gasteiger partial charge on any atom is 0.242 e. The van der Waals surface area contributed by atoms with Crippen molar-refractivity contribution in [2.24, 2.45) is 4.99 Å². The molecule has 1 heterocycles. The monoisotopic (exact) mass is 424 g/mol. The highest BCUT2D eigenvalue weighted by Gasteiger charge is 2.13. The van der Waals surface area contributed by atoms with Crippen LogP contribution in [-0.4, -0.2) is 30.5 Å². The maximum absolute atomic E-state index is 11.7. The van der Waals surface area contributed by atoms with Crippen molar-refractivity contribution in [3.63, 3.8) is 0 Å². The summed E-state index contributed by atoms with van der Waals surface area (Å²) in [5, 5.41) is 11.3. The van der Waals surface area contributed by atoms with Crippen molar-refractivity contribution in [1.29, 1.82) is 0 Å². The Morgan fingerprint density at radius 3 is 2.57 bits per heavy atom. The van der Waals surface area contributed by atoms with Crippen LogP contribution in [0.3, 0.4) is 0 Å². The molecule has 0 aromatic carbocycles. The largest absolute Gasteiger partial charge is 0.357 e. The summed E-state index contributed by atoms with van der Waals surface area (Å²) in [5.41, 5.74) is -0.227. The minimum atomic E-state index is -0.227. The van der Waals surface area contributed by atoms with Crippen molar-refractivity contribution in [1.82, 2.24) is 16.0 Å². The Hall–Kier alpha value is -0.830. The van der Waals surface area contributed by atoms with Gasteiger partial charge in [-0.05, 0) is 39.1 Å². The molecule has 0 bridgehead atoms. The molecule has 0 unspecified atom stereocenters. The molecule has 0 aliphatic carbocycles. The van der Waals surface area contributed by atoms with Gasteiger partial charge in [0.1, 0.15) is 6.54 Å². The zero-order chi connectivity index (χ0) is 15.0. The van der Waals surface area contributed by atoms with E-state index >= 15 is 0 Å². The van der Waals surface area contributed by atoms with Gasteiger partial charge in [0, 0.05) is 17.0 Å². The van der Waals surface area contributed by atoms with Crippen molar-refractivity contribution in [3.8, 4) is 0 Å². The van der Waals surface area contributed by atoms with Crippen LogP contribution in [0.5, 0.6) is 0 Å². The van der Waals surface area contributed by atoms with Crippen LogP contribution in [0.2, 0.25) is 0 Å². The maximum atomic E-state index is 11.7. The fourth-order valence-electron chi connectivity index (χ4n) is 1.53. The van der Waals surface area contributed by atoms with Crippen LogP contribution in [0.4, 0.5) is 0 Å². The molecule has 1 rings (SSSR count). The number of aliphatic imine (C=N–C) groups is 1. The molecule has 120 valence electrons. The van der Waals surface area contributed by atoms with Crippen LogP contribution >= 0.6 is 35.3 Å². The van der Waals surface area contributed by atoms with Crippen LogP contribution in [0.1, 0.15) is 32.6 Å². The standard InChI is InChI=1S/C14H24N4OS.HI/c1-5-15-13(16-9-11-7-6-8-20-11)17-10-12(19)18-14(2,3)4;/h6-8H,5,9-10H2,1-4H3,(H,18,19)(H2,15,16,17);1H. The van der Waals surface area contributed by atoms with Crippen molar-refractivity contribution >= 4 is 47.2 Å². The van der Waals surface area contributed by atoms with Gasteiger partial charge in [-0.15, -0.1) is 35.3 Å². The number of nitrogens with zero attached hydrogens (tertiary/aromatic N) is 1. The Morgan fingerprint density at radius 1 is 1.33 bits per heavy atom. The van der Waals surface area contributed by atoms with Gasteiger partial charge in [-0.25, -0.2) is 4.99 Å². The molecule has 21 heavy (non-hydrogen) atoms. The third-order valence-electron chi connectivity index (χ3n) is 2.25. The summed E-state index contributed by atoms with van der Waals surface area (Å²) in [5.74, 6) is 0.579. The Labute approximate surface area is 148 Å². The van der Waals surface area contributed by atoms with Crippen LogP contribution in [0.15, 0.2) is 22.5 Å². The molecule has 0 saturated carbocycles. The quantitative estimate of drug-likeness (QED) is 0.386. The Kier molecular flexibility index (Phi) is 9.60. The van der Waals surface area contributed by atoms with E-state index in [9.17, 15) is 4.79 Å². The summed E-state index contributed by atoms with van der Waals surface area (Å²) in [6.07, 6.45) is 0. The molecule has 0 aliphatic heterocycles. The summed E-state index contributed by atoms with van der Waals surface area (Å²) in [4.78, 5) is 17.2. The third-order valence-corrected chi connectivity index (χ3v) is 3.13. The van der Waals surface area contributed by atoms with E-state index in [1.807, 2.05) is 39.1 Å². The van der Waals surface area contributed by atoms with Gasteiger partial charge in [0.05, 0.1) is 6.54 Å². The van der Waals surface area contributed by atoms with E-state index in [0.717, 1.165) is 6.54 Å². The number of thiophene rings is 1. The summed E-state index contributed by atoms with van der Waals surface area (Å²) < 4.78 is 0. The van der Waals surface area contributed by atoms with Crippen molar-refractivity contribution in [2.45, 2.75) is 39.8 Å². The fourth-order valence-corrected chi connectivity index (χ4v) is 2.18. The molecule has 7 heteroatoms. The molecule has 0 aliphatic rings. The van der Waals surface area contributed by atoms with Gasteiger partial charge >= 0.3 is 0 Å². The highest BCUT2D eigenvalue weighted by Crippen LogP contribution is 2.07. The molecular formula is C14H25IN4OS. The summed E-state index contributed by atoms with van der Waals surface area (Å²) >= 11 is 1.69. The van der Waals surface area contributed by atoms with Gasteiger partial charge in [-0.1, -0.05) is 6.07 Å². The SMILES string of the molecule is CCNC(=NCC(=O)NC(C)(C)C)NCc1cccs1.I. The smallest absolute Gasteiger partial charge is 0.242 e. The first-order valence-corrected chi connectivity index (χ1v) is 7.64. The highest BCUT2D eigenvalue weighted by molar-refractivity contribution is 14.0. The van der Waals surface area contributed by atoms with Crippen molar-refractivity contribution in [2.75, 3.05) is 13.1 Å². The lowest BCUT2D eigenvalue weighted by atomic mass is 10.1. The molecule has 1 aromatic rings. The van der Waals surface area contributed by atoms with Gasteiger partial charge in [0.2, 0.25) is 5.91 Å². The van der Waals surface area contributed by atoms with Gasteiger partial charge in [0.15, 0.2) is 5.96 Å². The molecule has 0 saturated heterocycles. The predicted octanol–water partition coefficient (Wildman–Crippen LogP) is 2.34. The van der Waals surface area contributed by atoms with E-state index in [1.54, 1.807) is 11.3 Å². The zero-order valence-electron chi connectivity index (χ0n) is 13.0. The van der Waals surface area contributed by atoms with Crippen LogP contribution in [0, 0.1) is 0 Å². The first-order chi connectivity index (χ1) is 9.40. The third kappa shape index (κ3) is 9.67. The van der Waals surface area contributed by atoms with Crippen molar-refractivity contribution in [3.05, 3.63) is 22.4 Å². The molecule has 0 atom stereocenters. The molecule has 0 fully saturated rings. The summed E-state index contributed by atoms with van der Waals surface area (Å²) in [6, 6.07) is 4.08. The van der Waals surface area contributed by atoms with Gasteiger partial charge in [-0.3, -0.25) is 4.79 Å². The lowest BCUT2D eigenvalue weighted by Crippen LogP contribution is -2.43. The van der Waals surface area contributed by atoms with Crippen LogP contribution < -0.4 is 16.0 Å². The molecule has 1 amide bonds. The first kappa shape index (κ1) is 20.2. The van der Waals surface area contributed by atoms with Crippen molar-refractivity contribution < 1.29 is 4.79 Å². The van der Waals surface area contributed by atoms with Gasteiger partial charge < -0.3 is 16.0 Å². The van der Waals surface area contributed by atoms with E-state index in [0.29, 0.717) is 12.5 Å². The zero-order valence-corrected chi connectivity index (χ0v) is 16.2. The average Bonchev–Trinajstić information content (AvgIpc) is 2.83. The molecule has 0 spiro atoms. The number of hydrogen-bond acceptors (Lipinski definition) is 3. The average molecular weight is 424 g/mol. The summed E-state index contributed by atoms with van der Waals surface area (Å²) in [7, 11) is 0. The molecule has 5 nitrogen and oxygen atoms in total. The Balaban J connectivity index is 0.00000400. The minimum Gasteiger partial charge on any atom is -0.357 e. The Morgan fingerprint density at radius 2 is 2.05 bits per heavy atom. The number of carbonyl (C=O) groups excluding carboxylic acids is 1. The number of nitrogens with one attached hydrogen (secondary N) is 3. The van der Waals surface area contributed by atoms with Gasteiger partial charge in [0.25, 0.3) is 0 Å². The highest BCUT2D eigenvalue weighted by atomic mass is 127. The predicted molar refractivity (Wildman–Crippen MR) is 100 cm³/mol.